The molecule has 0 spiro atoms. The number of benzene rings is 2. The van der Waals surface area contributed by atoms with Crippen LogP contribution in [-0.2, 0) is 4.79 Å². The molecule has 1 N–H and O–H groups in total. The van der Waals surface area contributed by atoms with Gasteiger partial charge in [0, 0.05) is 5.69 Å². The Morgan fingerprint density at radius 3 is 2.49 bits per heavy atom. The molecule has 7 nitrogen and oxygen atoms in total. The highest BCUT2D eigenvalue weighted by atomic mass is 32.1. The zero-order chi connectivity index (χ0) is 25.4. The zero-order valence-electron chi connectivity index (χ0n) is 20.6. The highest BCUT2D eigenvalue weighted by molar-refractivity contribution is 7.14. The molecule has 3 aromatic rings. The van der Waals surface area contributed by atoms with Crippen LogP contribution in [0, 0.1) is 27.7 Å². The van der Waals surface area contributed by atoms with E-state index >= 15 is 0 Å². The van der Waals surface area contributed by atoms with E-state index in [1.165, 1.54) is 16.2 Å². The maximum atomic E-state index is 13.8. The first-order valence-corrected chi connectivity index (χ1v) is 12.1. The Morgan fingerprint density at radius 1 is 1.11 bits per heavy atom. The van der Waals surface area contributed by atoms with Gasteiger partial charge in [-0.05, 0) is 69.5 Å². The van der Waals surface area contributed by atoms with Gasteiger partial charge in [-0.15, -0.1) is 11.3 Å². The minimum atomic E-state index is -0.859. The molecule has 0 bridgehead atoms. The van der Waals surface area contributed by atoms with Crippen molar-refractivity contribution in [3.05, 3.63) is 80.0 Å². The molecule has 0 saturated heterocycles. The number of carbonyl (C=O) groups excluding carboxylic acids is 2. The van der Waals surface area contributed by atoms with E-state index in [1.54, 1.807) is 32.2 Å². The van der Waals surface area contributed by atoms with Crippen molar-refractivity contribution in [3.8, 4) is 11.5 Å². The lowest BCUT2D eigenvalue weighted by atomic mass is 9.94. The first-order valence-electron chi connectivity index (χ1n) is 11.3. The van der Waals surface area contributed by atoms with Crippen molar-refractivity contribution in [1.29, 1.82) is 0 Å². The molecule has 0 saturated carbocycles. The minimum Gasteiger partial charge on any atom is -0.503 e. The monoisotopic (exact) mass is 492 g/mol. The molecule has 0 fully saturated rings. The quantitative estimate of drug-likeness (QED) is 0.434. The lowest BCUT2D eigenvalue weighted by molar-refractivity contribution is -0.117. The fourth-order valence-electron chi connectivity index (χ4n) is 4.38. The number of rotatable bonds is 7. The largest absolute Gasteiger partial charge is 0.503 e. The molecule has 1 atom stereocenters. The Balaban J connectivity index is 1.95. The molecule has 182 valence electrons. The Labute approximate surface area is 208 Å². The third kappa shape index (κ3) is 4.30. The van der Waals surface area contributed by atoms with Crippen LogP contribution in [0.5, 0.6) is 11.5 Å². The van der Waals surface area contributed by atoms with Crippen LogP contribution in [0.3, 0.4) is 0 Å². The molecule has 1 aliphatic rings. The molecule has 1 amide bonds. The van der Waals surface area contributed by atoms with Crippen LogP contribution in [0.25, 0.3) is 0 Å². The summed E-state index contributed by atoms with van der Waals surface area (Å²) in [6, 6.07) is 10.2. The molecule has 0 radical (unpaired) electrons. The molecular formula is C27H28N2O5S. The molecule has 8 heteroatoms. The Morgan fingerprint density at radius 2 is 1.86 bits per heavy atom. The summed E-state index contributed by atoms with van der Waals surface area (Å²) in [6.45, 7) is 9.68. The molecule has 1 aliphatic heterocycles. The number of hydrogen-bond acceptors (Lipinski definition) is 7. The maximum Gasteiger partial charge on any atom is 0.294 e. The molecule has 1 unspecified atom stereocenters. The van der Waals surface area contributed by atoms with Crippen molar-refractivity contribution in [3.63, 3.8) is 0 Å². The second kappa shape index (κ2) is 9.54. The van der Waals surface area contributed by atoms with Gasteiger partial charge in [0.2, 0.25) is 5.78 Å². The van der Waals surface area contributed by atoms with Crippen LogP contribution >= 0.6 is 11.3 Å². The third-order valence-corrected chi connectivity index (χ3v) is 7.06. The van der Waals surface area contributed by atoms with E-state index in [1.807, 2.05) is 45.9 Å². The number of nitrogens with zero attached hydrogens (tertiary/aromatic N) is 2. The fraction of sp³-hybridized carbons (Fsp3) is 0.296. The third-order valence-electron chi connectivity index (χ3n) is 5.99. The number of ether oxygens (including phenoxy) is 2. The van der Waals surface area contributed by atoms with Crippen LogP contribution < -0.4 is 14.4 Å². The summed E-state index contributed by atoms with van der Waals surface area (Å²) >= 11 is 1.25. The maximum absolute atomic E-state index is 13.8. The summed E-state index contributed by atoms with van der Waals surface area (Å²) < 4.78 is 11.2. The summed E-state index contributed by atoms with van der Waals surface area (Å²) in [5, 5.41) is 11.8. The van der Waals surface area contributed by atoms with E-state index < -0.39 is 23.5 Å². The number of aliphatic hydroxyl groups is 1. The highest BCUT2D eigenvalue weighted by Gasteiger charge is 2.46. The van der Waals surface area contributed by atoms with E-state index in [0.29, 0.717) is 39.9 Å². The molecular weight excluding hydrogens is 464 g/mol. The van der Waals surface area contributed by atoms with Crippen LogP contribution in [0.4, 0.5) is 5.69 Å². The number of hydrogen-bond donors (Lipinski definition) is 1. The minimum absolute atomic E-state index is 0.0234. The predicted molar refractivity (Wildman–Crippen MR) is 136 cm³/mol. The van der Waals surface area contributed by atoms with Gasteiger partial charge in [0.05, 0.1) is 40.9 Å². The predicted octanol–water partition coefficient (Wildman–Crippen LogP) is 5.57. The standard InChI is InChI=1S/C27H28N2O5S/c1-7-34-21-13-18(10-11-20(21)33-6)23-22(24(30)26-16(4)28-17(5)35-26)25(31)27(32)29(23)19-12-14(2)8-9-15(19)3/h8-13,23,31H,7H2,1-6H3. The molecule has 0 aliphatic carbocycles. The topological polar surface area (TPSA) is 89.0 Å². The molecule has 2 aromatic carbocycles. The van der Waals surface area contributed by atoms with Gasteiger partial charge in [0.15, 0.2) is 17.3 Å². The SMILES string of the molecule is CCOc1cc(C2C(C(=O)c3sc(C)nc3C)=C(O)C(=O)N2c2cc(C)ccc2C)ccc1OC. The summed E-state index contributed by atoms with van der Waals surface area (Å²) in [4.78, 5) is 33.6. The molecule has 35 heavy (non-hydrogen) atoms. The van der Waals surface area contributed by atoms with E-state index in [0.717, 1.165) is 16.1 Å². The normalized spacial score (nSPS) is 15.7. The lowest BCUT2D eigenvalue weighted by Gasteiger charge is -2.29. The zero-order valence-corrected chi connectivity index (χ0v) is 21.4. The van der Waals surface area contributed by atoms with E-state index in [2.05, 4.69) is 4.98 Å². The second-order valence-corrected chi connectivity index (χ2v) is 9.65. The van der Waals surface area contributed by atoms with E-state index in [-0.39, 0.29) is 5.57 Å². The van der Waals surface area contributed by atoms with Gasteiger partial charge < -0.3 is 14.6 Å². The summed E-state index contributed by atoms with van der Waals surface area (Å²) in [5.74, 6) is -0.567. The van der Waals surface area contributed by atoms with Gasteiger partial charge in [-0.1, -0.05) is 18.2 Å². The van der Waals surface area contributed by atoms with Gasteiger partial charge in [0.1, 0.15) is 0 Å². The summed E-state index contributed by atoms with van der Waals surface area (Å²) in [6.07, 6.45) is 0. The number of aromatic nitrogens is 1. The number of amides is 1. The number of Topliss-reactive ketones (excluding diaryl/α,β-unsaturated/α-hetero) is 1. The van der Waals surface area contributed by atoms with Crippen LogP contribution in [0.15, 0.2) is 47.7 Å². The number of methoxy groups -OCH3 is 1. The summed E-state index contributed by atoms with van der Waals surface area (Å²) in [5.41, 5.74) is 3.64. The average molecular weight is 493 g/mol. The average Bonchev–Trinajstić information content (AvgIpc) is 3.30. The summed E-state index contributed by atoms with van der Waals surface area (Å²) in [7, 11) is 1.55. The number of aryl methyl sites for hydroxylation is 4. The Hall–Kier alpha value is -3.65. The van der Waals surface area contributed by atoms with Crippen molar-refractivity contribution in [2.75, 3.05) is 18.6 Å². The van der Waals surface area contributed by atoms with Crippen molar-refractivity contribution in [2.45, 2.75) is 40.7 Å². The number of thiazole rings is 1. The van der Waals surface area contributed by atoms with Gasteiger partial charge in [-0.2, -0.15) is 0 Å². The Bertz CT molecular complexity index is 1360. The second-order valence-electron chi connectivity index (χ2n) is 8.45. The van der Waals surface area contributed by atoms with Crippen molar-refractivity contribution >= 4 is 28.7 Å². The van der Waals surface area contributed by atoms with Gasteiger partial charge in [-0.3, -0.25) is 14.5 Å². The van der Waals surface area contributed by atoms with Crippen molar-refractivity contribution in [1.82, 2.24) is 4.98 Å². The Kier molecular flexibility index (Phi) is 6.67. The number of aliphatic hydroxyl groups excluding tert-OH is 1. The van der Waals surface area contributed by atoms with E-state index in [4.69, 9.17) is 9.47 Å². The fourth-order valence-corrected chi connectivity index (χ4v) is 5.25. The van der Waals surface area contributed by atoms with Gasteiger partial charge >= 0.3 is 0 Å². The number of anilines is 1. The first-order chi connectivity index (χ1) is 16.7. The van der Waals surface area contributed by atoms with E-state index in [9.17, 15) is 14.7 Å². The smallest absolute Gasteiger partial charge is 0.294 e. The van der Waals surface area contributed by atoms with Crippen LogP contribution in [-0.4, -0.2) is 35.5 Å². The number of carbonyl (C=O) groups is 2. The van der Waals surface area contributed by atoms with Crippen LogP contribution in [0.1, 0.15) is 50.0 Å². The molecule has 4 rings (SSSR count). The molecule has 2 heterocycles. The lowest BCUT2D eigenvalue weighted by Crippen LogP contribution is -2.31. The van der Waals surface area contributed by atoms with Gasteiger partial charge in [0.25, 0.3) is 5.91 Å². The number of ketones is 1. The first kappa shape index (κ1) is 24.5. The van der Waals surface area contributed by atoms with Crippen molar-refractivity contribution in [2.24, 2.45) is 0 Å². The van der Waals surface area contributed by atoms with Gasteiger partial charge in [-0.25, -0.2) is 4.98 Å². The highest BCUT2D eigenvalue weighted by Crippen LogP contribution is 2.45. The van der Waals surface area contributed by atoms with Crippen LogP contribution in [0.2, 0.25) is 0 Å². The van der Waals surface area contributed by atoms with Crippen molar-refractivity contribution < 1.29 is 24.2 Å². The molecule has 1 aromatic heterocycles.